The Morgan fingerprint density at radius 3 is 2.74 bits per heavy atom. The fourth-order valence-electron chi connectivity index (χ4n) is 3.19. The number of hydrogen-bond donors (Lipinski definition) is 2. The number of rotatable bonds is 2. The molecule has 0 saturated carbocycles. The van der Waals surface area contributed by atoms with Gasteiger partial charge in [0.15, 0.2) is 0 Å². The molecule has 5 heteroatoms. The van der Waals surface area contributed by atoms with E-state index in [9.17, 15) is 9.59 Å². The fourth-order valence-corrected chi connectivity index (χ4v) is 3.19. The molecule has 1 unspecified atom stereocenters. The minimum atomic E-state index is -0.300. The molecular formula is C14H25N3O2. The lowest BCUT2D eigenvalue weighted by Crippen LogP contribution is -2.60. The Morgan fingerprint density at radius 2 is 2.11 bits per heavy atom. The number of amides is 2. The number of carbonyl (C=O) groups is 2. The van der Waals surface area contributed by atoms with Crippen molar-refractivity contribution in [3.63, 3.8) is 0 Å². The van der Waals surface area contributed by atoms with Gasteiger partial charge in [0.2, 0.25) is 11.8 Å². The molecule has 2 rings (SSSR count). The first-order valence-corrected chi connectivity index (χ1v) is 7.32. The van der Waals surface area contributed by atoms with Gasteiger partial charge in [-0.05, 0) is 32.2 Å². The topological polar surface area (TPSA) is 61.4 Å². The van der Waals surface area contributed by atoms with Gasteiger partial charge in [-0.25, -0.2) is 0 Å². The Kier molecular flexibility index (Phi) is 4.45. The third-order valence-electron chi connectivity index (χ3n) is 4.14. The molecule has 0 bridgehead atoms. The van der Waals surface area contributed by atoms with Crippen molar-refractivity contribution in [1.29, 1.82) is 0 Å². The molecule has 0 aliphatic carbocycles. The summed E-state index contributed by atoms with van der Waals surface area (Å²) in [7, 11) is 0. The van der Waals surface area contributed by atoms with E-state index < -0.39 is 0 Å². The summed E-state index contributed by atoms with van der Waals surface area (Å²) in [5, 5.41) is 6.23. The van der Waals surface area contributed by atoms with Gasteiger partial charge in [-0.3, -0.25) is 9.59 Å². The molecule has 3 atom stereocenters. The second-order valence-electron chi connectivity index (χ2n) is 6.09. The molecule has 2 fully saturated rings. The van der Waals surface area contributed by atoms with Crippen LogP contribution < -0.4 is 10.6 Å². The molecule has 2 heterocycles. The zero-order valence-corrected chi connectivity index (χ0v) is 12.1. The molecule has 2 amide bonds. The predicted octanol–water partition coefficient (Wildman–Crippen LogP) is 0.358. The Morgan fingerprint density at radius 1 is 1.37 bits per heavy atom. The van der Waals surface area contributed by atoms with Gasteiger partial charge in [-0.15, -0.1) is 0 Å². The van der Waals surface area contributed by atoms with E-state index in [0.29, 0.717) is 19.1 Å². The van der Waals surface area contributed by atoms with Crippen LogP contribution in [0.2, 0.25) is 0 Å². The van der Waals surface area contributed by atoms with Gasteiger partial charge >= 0.3 is 0 Å². The van der Waals surface area contributed by atoms with Crippen LogP contribution in [0.3, 0.4) is 0 Å². The summed E-state index contributed by atoms with van der Waals surface area (Å²) in [6, 6.07) is 0.0882. The molecule has 0 aromatic rings. The van der Waals surface area contributed by atoms with Crippen LogP contribution in [-0.2, 0) is 9.59 Å². The summed E-state index contributed by atoms with van der Waals surface area (Å²) in [6.07, 6.45) is 1.76. The molecule has 2 saturated heterocycles. The van der Waals surface area contributed by atoms with Gasteiger partial charge in [0.25, 0.3) is 0 Å². The first kappa shape index (κ1) is 14.3. The lowest BCUT2D eigenvalue weighted by atomic mass is 9.90. The van der Waals surface area contributed by atoms with Gasteiger partial charge < -0.3 is 15.5 Å². The average molecular weight is 267 g/mol. The maximum Gasteiger partial charge on any atom is 0.243 e. The van der Waals surface area contributed by atoms with Crippen molar-refractivity contribution in [2.45, 2.75) is 45.7 Å². The smallest absolute Gasteiger partial charge is 0.243 e. The van der Waals surface area contributed by atoms with Crippen molar-refractivity contribution in [3.8, 4) is 0 Å². The highest BCUT2D eigenvalue weighted by atomic mass is 16.2. The lowest BCUT2D eigenvalue weighted by molar-refractivity contribution is -0.148. The van der Waals surface area contributed by atoms with E-state index in [4.69, 9.17) is 0 Å². The number of piperidine rings is 1. The Labute approximate surface area is 115 Å². The quantitative estimate of drug-likeness (QED) is 0.759. The highest BCUT2D eigenvalue weighted by Gasteiger charge is 2.38. The predicted molar refractivity (Wildman–Crippen MR) is 73.5 cm³/mol. The molecule has 5 nitrogen and oxygen atoms in total. The van der Waals surface area contributed by atoms with Crippen LogP contribution >= 0.6 is 0 Å². The monoisotopic (exact) mass is 267 g/mol. The molecule has 108 valence electrons. The minimum Gasteiger partial charge on any atom is -0.353 e. The SMILES string of the molecule is CC(C)C1C(=O)NCCN1C(=O)[C@H]1CCN[C@@H](C)C1. The van der Waals surface area contributed by atoms with E-state index in [2.05, 4.69) is 17.6 Å². The highest BCUT2D eigenvalue weighted by molar-refractivity contribution is 5.89. The summed E-state index contributed by atoms with van der Waals surface area (Å²) < 4.78 is 0. The number of carbonyl (C=O) groups excluding carboxylic acids is 2. The van der Waals surface area contributed by atoms with Gasteiger partial charge in [0, 0.05) is 25.0 Å². The van der Waals surface area contributed by atoms with Crippen molar-refractivity contribution >= 4 is 11.8 Å². The van der Waals surface area contributed by atoms with E-state index in [0.717, 1.165) is 19.4 Å². The highest BCUT2D eigenvalue weighted by Crippen LogP contribution is 2.23. The van der Waals surface area contributed by atoms with Crippen LogP contribution in [0.5, 0.6) is 0 Å². The van der Waals surface area contributed by atoms with Gasteiger partial charge in [0.1, 0.15) is 6.04 Å². The molecule has 0 aromatic carbocycles. The summed E-state index contributed by atoms with van der Waals surface area (Å²) in [5.74, 6) is 0.394. The van der Waals surface area contributed by atoms with E-state index in [1.54, 1.807) is 0 Å². The summed E-state index contributed by atoms with van der Waals surface area (Å²) in [6.45, 7) is 8.23. The Bertz CT molecular complexity index is 357. The maximum atomic E-state index is 12.7. The summed E-state index contributed by atoms with van der Waals surface area (Å²) >= 11 is 0. The second kappa shape index (κ2) is 5.90. The zero-order chi connectivity index (χ0) is 14.0. The largest absolute Gasteiger partial charge is 0.353 e. The van der Waals surface area contributed by atoms with Crippen LogP contribution in [0.15, 0.2) is 0 Å². The van der Waals surface area contributed by atoms with Crippen LogP contribution in [0.1, 0.15) is 33.6 Å². The third kappa shape index (κ3) is 3.08. The zero-order valence-electron chi connectivity index (χ0n) is 12.1. The molecular weight excluding hydrogens is 242 g/mol. The van der Waals surface area contributed by atoms with E-state index in [1.165, 1.54) is 0 Å². The van der Waals surface area contributed by atoms with Crippen LogP contribution in [0, 0.1) is 11.8 Å². The number of nitrogens with zero attached hydrogens (tertiary/aromatic N) is 1. The molecule has 0 aromatic heterocycles. The van der Waals surface area contributed by atoms with E-state index >= 15 is 0 Å². The Hall–Kier alpha value is -1.10. The maximum absolute atomic E-state index is 12.7. The van der Waals surface area contributed by atoms with Crippen LogP contribution in [0.4, 0.5) is 0 Å². The van der Waals surface area contributed by atoms with Crippen molar-refractivity contribution in [3.05, 3.63) is 0 Å². The third-order valence-corrected chi connectivity index (χ3v) is 4.14. The number of piperazine rings is 1. The van der Waals surface area contributed by atoms with Gasteiger partial charge in [-0.1, -0.05) is 13.8 Å². The summed E-state index contributed by atoms with van der Waals surface area (Å²) in [4.78, 5) is 26.5. The normalized spacial score (nSPS) is 32.3. The van der Waals surface area contributed by atoms with Crippen molar-refractivity contribution < 1.29 is 9.59 Å². The number of hydrogen-bond acceptors (Lipinski definition) is 3. The van der Waals surface area contributed by atoms with E-state index in [1.807, 2.05) is 18.7 Å². The van der Waals surface area contributed by atoms with E-state index in [-0.39, 0.29) is 29.7 Å². The van der Waals surface area contributed by atoms with Crippen molar-refractivity contribution in [1.82, 2.24) is 15.5 Å². The molecule has 2 aliphatic heterocycles. The van der Waals surface area contributed by atoms with Crippen molar-refractivity contribution in [2.75, 3.05) is 19.6 Å². The first-order chi connectivity index (χ1) is 9.00. The van der Waals surface area contributed by atoms with Gasteiger partial charge in [-0.2, -0.15) is 0 Å². The second-order valence-corrected chi connectivity index (χ2v) is 6.09. The van der Waals surface area contributed by atoms with Crippen LogP contribution in [-0.4, -0.2) is 48.4 Å². The van der Waals surface area contributed by atoms with Crippen LogP contribution in [0.25, 0.3) is 0 Å². The number of nitrogens with one attached hydrogen (secondary N) is 2. The van der Waals surface area contributed by atoms with Gasteiger partial charge in [0.05, 0.1) is 0 Å². The molecule has 0 spiro atoms. The summed E-state index contributed by atoms with van der Waals surface area (Å²) in [5.41, 5.74) is 0. The lowest BCUT2D eigenvalue weighted by Gasteiger charge is -2.40. The molecule has 0 radical (unpaired) electrons. The standard InChI is InChI=1S/C14H25N3O2/c1-9(2)12-13(18)16-6-7-17(12)14(19)11-4-5-15-10(3)8-11/h9-12,15H,4-8H2,1-3H3,(H,16,18)/t10-,11-,12?/m0/s1. The Balaban J connectivity index is 2.09. The fraction of sp³-hybridized carbons (Fsp3) is 0.857. The average Bonchev–Trinajstić information content (AvgIpc) is 2.37. The first-order valence-electron chi connectivity index (χ1n) is 7.32. The molecule has 2 aliphatic rings. The molecule has 19 heavy (non-hydrogen) atoms. The van der Waals surface area contributed by atoms with Crippen molar-refractivity contribution in [2.24, 2.45) is 11.8 Å². The molecule has 2 N–H and O–H groups in total. The minimum absolute atomic E-state index is 0.00316.